The number of hydrogen-bond acceptors (Lipinski definition) is 8. The van der Waals surface area contributed by atoms with Crippen LogP contribution in [0.25, 0.3) is 0 Å². The van der Waals surface area contributed by atoms with Crippen molar-refractivity contribution in [3.05, 3.63) is 58.7 Å². The van der Waals surface area contributed by atoms with Gasteiger partial charge in [0.1, 0.15) is 17.5 Å². The molecular formula is C49H75N5O5. The number of hydrogen-bond donors (Lipinski definition) is 0. The first kappa shape index (κ1) is 44.8. The number of nitrogens with zero attached hydrogens (tertiary/aromatic N) is 5. The van der Waals surface area contributed by atoms with Crippen LogP contribution in [0.3, 0.4) is 0 Å². The maximum absolute atomic E-state index is 12.4. The summed E-state index contributed by atoms with van der Waals surface area (Å²) in [6.45, 7) is 19.4. The van der Waals surface area contributed by atoms with Gasteiger partial charge < -0.3 is 29.1 Å². The molecule has 0 unspecified atom stereocenters. The molecule has 5 aliphatic heterocycles. The summed E-state index contributed by atoms with van der Waals surface area (Å²) >= 11 is 0. The third kappa shape index (κ3) is 11.7. The summed E-state index contributed by atoms with van der Waals surface area (Å²) in [5.41, 5.74) is 7.70. The largest absolute Gasteiger partial charge is 0.444 e. The smallest absolute Gasteiger partial charge is 0.410 e. The molecule has 0 N–H and O–H groups in total. The van der Waals surface area contributed by atoms with Gasteiger partial charge in [-0.05, 0) is 159 Å². The highest BCUT2D eigenvalue weighted by molar-refractivity contribution is 5.78. The average molecular weight is 814 g/mol. The zero-order valence-electron chi connectivity index (χ0n) is 37.9. The number of carbonyl (C=O) groups is 3. The van der Waals surface area contributed by atoms with Gasteiger partial charge in [-0.25, -0.2) is 9.59 Å². The van der Waals surface area contributed by atoms with Crippen LogP contribution in [0.15, 0.2) is 36.4 Å². The second-order valence-electron chi connectivity index (χ2n) is 20.4. The number of rotatable bonds is 3. The molecule has 4 fully saturated rings. The van der Waals surface area contributed by atoms with E-state index in [4.69, 9.17) is 9.47 Å². The van der Waals surface area contributed by atoms with Crippen LogP contribution in [0, 0.1) is 5.41 Å². The summed E-state index contributed by atoms with van der Waals surface area (Å²) in [7, 11) is 4.29. The molecule has 1 aliphatic carbocycles. The maximum atomic E-state index is 12.4. The standard InChI is InChI=1S/C24H37N3O2.C14H25NO2.C11H13NO/c1-23(2,3)29-22(28)26-15-11-24(12-16-26)10-6-14-27(24)18-19-8-9-20-7-5-13-25(4)21(20)17-19;1-13(2,3)17-12(16)15-10-8-14(9-11-15)6-4-5-7-14;1-12-6-2-3-10-5-4-9(8-13)7-11(10)12/h8-9,17H,5-7,10-16,18H2,1-4H3;4-11H2,1-3H3;4-5,7-8H,2-3,6H2,1H3. The number of aryl methyl sites for hydroxylation is 2. The molecule has 326 valence electrons. The van der Waals surface area contributed by atoms with Crippen LogP contribution in [-0.4, -0.2) is 110 Å². The molecule has 2 aromatic carbocycles. The molecule has 0 atom stereocenters. The summed E-state index contributed by atoms with van der Waals surface area (Å²) in [6.07, 6.45) is 17.9. The molecule has 6 aliphatic rings. The van der Waals surface area contributed by atoms with Crippen molar-refractivity contribution in [1.29, 1.82) is 0 Å². The molecule has 10 nitrogen and oxygen atoms in total. The number of fused-ring (bicyclic) bond motifs is 2. The van der Waals surface area contributed by atoms with Crippen LogP contribution in [0.2, 0.25) is 0 Å². The van der Waals surface area contributed by atoms with E-state index in [1.165, 1.54) is 105 Å². The fourth-order valence-corrected chi connectivity index (χ4v) is 10.3. The third-order valence-electron chi connectivity index (χ3n) is 13.7. The Balaban J connectivity index is 0.000000165. The normalized spacial score (nSPS) is 21.2. The maximum Gasteiger partial charge on any atom is 0.410 e. The quantitative estimate of drug-likeness (QED) is 0.283. The second kappa shape index (κ2) is 18.9. The van der Waals surface area contributed by atoms with Gasteiger partial charge in [0.2, 0.25) is 0 Å². The van der Waals surface area contributed by atoms with Gasteiger partial charge in [-0.1, -0.05) is 37.1 Å². The highest BCUT2D eigenvalue weighted by Gasteiger charge is 2.44. The molecule has 59 heavy (non-hydrogen) atoms. The Kier molecular flexibility index (Phi) is 14.3. The van der Waals surface area contributed by atoms with Gasteiger partial charge in [0.25, 0.3) is 0 Å². The molecule has 10 heteroatoms. The first-order valence-electron chi connectivity index (χ1n) is 22.8. The molecule has 0 radical (unpaired) electrons. The van der Waals surface area contributed by atoms with Crippen LogP contribution in [0.1, 0.15) is 146 Å². The molecule has 2 amide bonds. The first-order chi connectivity index (χ1) is 28.0. The van der Waals surface area contributed by atoms with E-state index in [0.29, 0.717) is 5.41 Å². The van der Waals surface area contributed by atoms with Crippen molar-refractivity contribution in [1.82, 2.24) is 14.7 Å². The van der Waals surface area contributed by atoms with Gasteiger partial charge >= 0.3 is 12.2 Å². The Bertz CT molecular complexity index is 1740. The summed E-state index contributed by atoms with van der Waals surface area (Å²) in [5, 5.41) is 0. The highest BCUT2D eigenvalue weighted by Crippen LogP contribution is 2.46. The van der Waals surface area contributed by atoms with Crippen molar-refractivity contribution in [2.45, 2.75) is 155 Å². The zero-order valence-corrected chi connectivity index (χ0v) is 37.9. The van der Waals surface area contributed by atoms with Gasteiger partial charge in [0, 0.05) is 82.4 Å². The molecule has 3 saturated heterocycles. The number of amides is 2. The van der Waals surface area contributed by atoms with Crippen molar-refractivity contribution in [2.75, 3.05) is 69.7 Å². The van der Waals surface area contributed by atoms with Crippen LogP contribution in [0.5, 0.6) is 0 Å². The van der Waals surface area contributed by atoms with Gasteiger partial charge in [-0.3, -0.25) is 9.69 Å². The molecule has 5 heterocycles. The second-order valence-corrected chi connectivity index (χ2v) is 20.4. The highest BCUT2D eigenvalue weighted by atomic mass is 16.6. The van der Waals surface area contributed by atoms with E-state index in [0.717, 1.165) is 76.9 Å². The molecule has 2 aromatic rings. The summed E-state index contributed by atoms with van der Waals surface area (Å²) in [6, 6.07) is 13.0. The number of aldehydes is 1. The minimum atomic E-state index is -0.425. The van der Waals surface area contributed by atoms with Crippen molar-refractivity contribution >= 4 is 29.8 Å². The fourth-order valence-electron chi connectivity index (χ4n) is 10.3. The van der Waals surface area contributed by atoms with Gasteiger partial charge in [0.05, 0.1) is 0 Å². The molecule has 0 bridgehead atoms. The predicted octanol–water partition coefficient (Wildman–Crippen LogP) is 9.89. The van der Waals surface area contributed by atoms with E-state index < -0.39 is 5.60 Å². The Morgan fingerprint density at radius 1 is 0.610 bits per heavy atom. The lowest BCUT2D eigenvalue weighted by atomic mass is 9.77. The van der Waals surface area contributed by atoms with E-state index in [-0.39, 0.29) is 23.3 Å². The number of carbonyl (C=O) groups excluding carboxylic acids is 3. The molecular weight excluding hydrogens is 739 g/mol. The Morgan fingerprint density at radius 2 is 1.12 bits per heavy atom. The predicted molar refractivity (Wildman–Crippen MR) is 239 cm³/mol. The average Bonchev–Trinajstić information content (AvgIpc) is 3.81. The lowest BCUT2D eigenvalue weighted by Gasteiger charge is -2.45. The minimum Gasteiger partial charge on any atom is -0.444 e. The summed E-state index contributed by atoms with van der Waals surface area (Å²) in [5.74, 6) is 0. The van der Waals surface area contributed by atoms with E-state index in [1.54, 1.807) is 0 Å². The van der Waals surface area contributed by atoms with E-state index in [2.05, 4.69) is 53.1 Å². The van der Waals surface area contributed by atoms with Crippen LogP contribution in [0.4, 0.5) is 21.0 Å². The monoisotopic (exact) mass is 814 g/mol. The molecule has 0 aromatic heterocycles. The molecule has 1 saturated carbocycles. The van der Waals surface area contributed by atoms with Crippen molar-refractivity contribution in [2.24, 2.45) is 5.41 Å². The molecule has 2 spiro atoms. The number of benzene rings is 2. The Labute approximate surface area is 355 Å². The number of piperidine rings is 2. The summed E-state index contributed by atoms with van der Waals surface area (Å²) in [4.78, 5) is 46.0. The Morgan fingerprint density at radius 3 is 1.64 bits per heavy atom. The van der Waals surface area contributed by atoms with Crippen molar-refractivity contribution < 1.29 is 23.9 Å². The van der Waals surface area contributed by atoms with E-state index >= 15 is 0 Å². The number of likely N-dealkylation sites (tertiary alicyclic amines) is 3. The lowest BCUT2D eigenvalue weighted by Crippen LogP contribution is -2.53. The van der Waals surface area contributed by atoms with E-state index in [1.807, 2.05) is 63.5 Å². The van der Waals surface area contributed by atoms with Gasteiger partial charge in [0.15, 0.2) is 0 Å². The Hall–Kier alpha value is -3.79. The summed E-state index contributed by atoms with van der Waals surface area (Å²) < 4.78 is 11.0. The van der Waals surface area contributed by atoms with Crippen LogP contribution < -0.4 is 9.80 Å². The molecule has 8 rings (SSSR count). The van der Waals surface area contributed by atoms with Crippen LogP contribution in [-0.2, 0) is 28.9 Å². The topological polar surface area (TPSA) is 85.9 Å². The third-order valence-corrected chi connectivity index (χ3v) is 13.7. The first-order valence-corrected chi connectivity index (χ1v) is 22.8. The zero-order chi connectivity index (χ0) is 42.4. The van der Waals surface area contributed by atoms with E-state index in [9.17, 15) is 14.4 Å². The van der Waals surface area contributed by atoms with Crippen LogP contribution >= 0.6 is 0 Å². The lowest BCUT2D eigenvalue weighted by molar-refractivity contribution is 0.00153. The SMILES string of the molecule is CC(C)(C)OC(=O)N1CCC2(CCCC2)CC1.CN1CCCc2ccc(C=O)cc21.CN1CCCc2ccc(CN3CCCC34CCN(C(=O)OC(C)(C)C)CC4)cc21. The van der Waals surface area contributed by atoms with Crippen molar-refractivity contribution in [3.8, 4) is 0 Å². The van der Waals surface area contributed by atoms with Gasteiger partial charge in [-0.2, -0.15) is 0 Å². The fraction of sp³-hybridized carbons (Fsp3) is 0.694. The number of ether oxygens (including phenoxy) is 2. The van der Waals surface area contributed by atoms with Crippen molar-refractivity contribution in [3.63, 3.8) is 0 Å². The number of anilines is 2. The minimum absolute atomic E-state index is 0.134. The van der Waals surface area contributed by atoms with Gasteiger partial charge in [-0.15, -0.1) is 0 Å².